The molecule has 0 aromatic heterocycles. The SMILES string of the molecule is CCOCCCC(=O)N(CC)C1CCCCC1CN. The van der Waals surface area contributed by atoms with E-state index in [1.54, 1.807) is 0 Å². The van der Waals surface area contributed by atoms with Gasteiger partial charge in [-0.05, 0) is 45.6 Å². The second-order valence-electron chi connectivity index (χ2n) is 5.33. The van der Waals surface area contributed by atoms with Crippen molar-refractivity contribution in [2.24, 2.45) is 11.7 Å². The maximum Gasteiger partial charge on any atom is 0.222 e. The molecule has 1 rings (SSSR count). The Hall–Kier alpha value is -0.610. The lowest BCUT2D eigenvalue weighted by Gasteiger charge is -2.39. The first-order chi connectivity index (χ1) is 9.24. The lowest BCUT2D eigenvalue weighted by Crippen LogP contribution is -2.48. The molecule has 0 saturated heterocycles. The minimum atomic E-state index is 0.271. The molecule has 0 bridgehead atoms. The first kappa shape index (κ1) is 16.4. The van der Waals surface area contributed by atoms with Crippen LogP contribution in [0.3, 0.4) is 0 Å². The van der Waals surface area contributed by atoms with Crippen LogP contribution >= 0.6 is 0 Å². The number of rotatable bonds is 8. The van der Waals surface area contributed by atoms with Gasteiger partial charge in [0.1, 0.15) is 0 Å². The zero-order chi connectivity index (χ0) is 14.1. The van der Waals surface area contributed by atoms with Crippen molar-refractivity contribution in [3.05, 3.63) is 0 Å². The maximum atomic E-state index is 12.3. The van der Waals surface area contributed by atoms with Gasteiger partial charge in [0.2, 0.25) is 5.91 Å². The van der Waals surface area contributed by atoms with Gasteiger partial charge in [-0.3, -0.25) is 4.79 Å². The van der Waals surface area contributed by atoms with E-state index in [1.165, 1.54) is 19.3 Å². The quantitative estimate of drug-likeness (QED) is 0.688. The van der Waals surface area contributed by atoms with Crippen LogP contribution in [0.5, 0.6) is 0 Å². The minimum absolute atomic E-state index is 0.271. The molecule has 0 heterocycles. The molecule has 2 N–H and O–H groups in total. The van der Waals surface area contributed by atoms with Gasteiger partial charge in [-0.1, -0.05) is 12.8 Å². The van der Waals surface area contributed by atoms with Crippen molar-refractivity contribution in [3.8, 4) is 0 Å². The summed E-state index contributed by atoms with van der Waals surface area (Å²) in [6.45, 7) is 6.97. The van der Waals surface area contributed by atoms with Crippen molar-refractivity contribution >= 4 is 5.91 Å². The average Bonchev–Trinajstić information content (AvgIpc) is 2.45. The van der Waals surface area contributed by atoms with Crippen LogP contribution in [0.15, 0.2) is 0 Å². The van der Waals surface area contributed by atoms with Gasteiger partial charge < -0.3 is 15.4 Å². The van der Waals surface area contributed by atoms with Crippen molar-refractivity contribution in [1.82, 2.24) is 4.90 Å². The fraction of sp³-hybridized carbons (Fsp3) is 0.933. The number of nitrogens with zero attached hydrogens (tertiary/aromatic N) is 1. The Bertz CT molecular complexity index is 259. The monoisotopic (exact) mass is 270 g/mol. The highest BCUT2D eigenvalue weighted by Gasteiger charge is 2.30. The van der Waals surface area contributed by atoms with Crippen LogP contribution in [0.2, 0.25) is 0 Å². The maximum absolute atomic E-state index is 12.3. The summed E-state index contributed by atoms with van der Waals surface area (Å²) in [7, 11) is 0. The van der Waals surface area contributed by atoms with Gasteiger partial charge in [-0.2, -0.15) is 0 Å². The molecular formula is C15H30N2O2. The fourth-order valence-corrected chi connectivity index (χ4v) is 3.08. The van der Waals surface area contributed by atoms with Crippen LogP contribution in [0.25, 0.3) is 0 Å². The van der Waals surface area contributed by atoms with Gasteiger partial charge in [-0.15, -0.1) is 0 Å². The van der Waals surface area contributed by atoms with Crippen molar-refractivity contribution in [1.29, 1.82) is 0 Å². The summed E-state index contributed by atoms with van der Waals surface area (Å²) in [5.74, 6) is 0.761. The topological polar surface area (TPSA) is 55.6 Å². The van der Waals surface area contributed by atoms with E-state index in [0.717, 1.165) is 26.0 Å². The summed E-state index contributed by atoms with van der Waals surface area (Å²) < 4.78 is 5.29. The molecule has 4 heteroatoms. The molecule has 0 aliphatic heterocycles. The number of carbonyl (C=O) groups excluding carboxylic acids is 1. The van der Waals surface area contributed by atoms with E-state index >= 15 is 0 Å². The zero-order valence-electron chi connectivity index (χ0n) is 12.6. The smallest absolute Gasteiger partial charge is 0.222 e. The van der Waals surface area contributed by atoms with E-state index in [-0.39, 0.29) is 5.91 Å². The lowest BCUT2D eigenvalue weighted by atomic mass is 9.83. The Kier molecular flexibility index (Phi) is 8.07. The number of hydrogen-bond donors (Lipinski definition) is 1. The van der Waals surface area contributed by atoms with Gasteiger partial charge in [0.15, 0.2) is 0 Å². The standard InChI is InChI=1S/C15H30N2O2/c1-3-17(15(18)10-7-11-19-4-2)14-9-6-5-8-13(14)12-16/h13-14H,3-12,16H2,1-2H3. The largest absolute Gasteiger partial charge is 0.382 e. The van der Waals surface area contributed by atoms with Gasteiger partial charge in [0.05, 0.1) is 0 Å². The molecule has 1 fully saturated rings. The molecule has 0 radical (unpaired) electrons. The van der Waals surface area contributed by atoms with Crippen molar-refractivity contribution < 1.29 is 9.53 Å². The summed E-state index contributed by atoms with van der Waals surface area (Å²) in [5, 5.41) is 0. The molecule has 0 spiro atoms. The summed E-state index contributed by atoms with van der Waals surface area (Å²) >= 11 is 0. The van der Waals surface area contributed by atoms with E-state index < -0.39 is 0 Å². The van der Waals surface area contributed by atoms with Crippen LogP contribution in [0.1, 0.15) is 52.4 Å². The van der Waals surface area contributed by atoms with E-state index in [9.17, 15) is 4.79 Å². The predicted molar refractivity (Wildman–Crippen MR) is 77.9 cm³/mol. The third-order valence-electron chi connectivity index (χ3n) is 4.12. The van der Waals surface area contributed by atoms with Crippen LogP contribution in [0, 0.1) is 5.92 Å². The predicted octanol–water partition coefficient (Wildman–Crippen LogP) is 2.17. The van der Waals surface area contributed by atoms with Gasteiger partial charge in [-0.25, -0.2) is 0 Å². The Labute approximate surface area is 117 Å². The second kappa shape index (κ2) is 9.32. The van der Waals surface area contributed by atoms with E-state index in [4.69, 9.17) is 10.5 Å². The van der Waals surface area contributed by atoms with Crippen molar-refractivity contribution in [3.63, 3.8) is 0 Å². The molecule has 2 atom stereocenters. The zero-order valence-corrected chi connectivity index (χ0v) is 12.6. The average molecular weight is 270 g/mol. The molecule has 1 saturated carbocycles. The molecule has 1 amide bonds. The van der Waals surface area contributed by atoms with Crippen LogP contribution in [0.4, 0.5) is 0 Å². The number of ether oxygens (including phenoxy) is 1. The number of hydrogen-bond acceptors (Lipinski definition) is 3. The highest BCUT2D eigenvalue weighted by atomic mass is 16.5. The summed E-state index contributed by atoms with van der Waals surface area (Å²) in [6.07, 6.45) is 6.19. The van der Waals surface area contributed by atoms with E-state index in [0.29, 0.717) is 31.5 Å². The van der Waals surface area contributed by atoms with E-state index in [2.05, 4.69) is 11.8 Å². The second-order valence-corrected chi connectivity index (χ2v) is 5.33. The van der Waals surface area contributed by atoms with Crippen LogP contribution in [-0.2, 0) is 9.53 Å². The molecule has 2 unspecified atom stereocenters. The molecule has 0 aromatic carbocycles. The lowest BCUT2D eigenvalue weighted by molar-refractivity contribution is -0.135. The van der Waals surface area contributed by atoms with Gasteiger partial charge in [0.25, 0.3) is 0 Å². The molecule has 4 nitrogen and oxygen atoms in total. The van der Waals surface area contributed by atoms with Crippen LogP contribution in [-0.4, -0.2) is 43.2 Å². The summed E-state index contributed by atoms with van der Waals surface area (Å²) in [5.41, 5.74) is 5.87. The Balaban J connectivity index is 2.47. The Morgan fingerprint density at radius 2 is 2.05 bits per heavy atom. The first-order valence-corrected chi connectivity index (χ1v) is 7.81. The normalized spacial score (nSPS) is 23.3. The highest BCUT2D eigenvalue weighted by molar-refractivity contribution is 5.76. The Morgan fingerprint density at radius 3 is 2.68 bits per heavy atom. The number of nitrogens with two attached hydrogens (primary N) is 1. The number of carbonyl (C=O) groups is 1. The molecule has 0 aromatic rings. The van der Waals surface area contributed by atoms with Gasteiger partial charge >= 0.3 is 0 Å². The molecule has 112 valence electrons. The number of amides is 1. The first-order valence-electron chi connectivity index (χ1n) is 7.81. The molecule has 1 aliphatic rings. The third-order valence-corrected chi connectivity index (χ3v) is 4.12. The van der Waals surface area contributed by atoms with Crippen molar-refractivity contribution in [2.45, 2.75) is 58.4 Å². The molecule has 1 aliphatic carbocycles. The van der Waals surface area contributed by atoms with Gasteiger partial charge in [0, 0.05) is 32.2 Å². The van der Waals surface area contributed by atoms with Crippen LogP contribution < -0.4 is 5.73 Å². The Morgan fingerprint density at radius 1 is 1.32 bits per heavy atom. The van der Waals surface area contributed by atoms with Crippen molar-refractivity contribution in [2.75, 3.05) is 26.3 Å². The molecule has 19 heavy (non-hydrogen) atoms. The summed E-state index contributed by atoms with van der Waals surface area (Å²) in [4.78, 5) is 14.4. The summed E-state index contributed by atoms with van der Waals surface area (Å²) in [6, 6.07) is 0.364. The fourth-order valence-electron chi connectivity index (χ4n) is 3.08. The highest BCUT2D eigenvalue weighted by Crippen LogP contribution is 2.28. The molecular weight excluding hydrogens is 240 g/mol. The third kappa shape index (κ3) is 5.11. The van der Waals surface area contributed by atoms with E-state index in [1.807, 2.05) is 6.92 Å². The minimum Gasteiger partial charge on any atom is -0.382 e.